The van der Waals surface area contributed by atoms with Crippen molar-refractivity contribution in [3.05, 3.63) is 12.2 Å². The highest BCUT2D eigenvalue weighted by atomic mass is 16.5. The number of unbranched alkanes of at least 4 members (excludes halogenated alkanes) is 7. The molecular weight excluding hydrogens is 292 g/mol. The van der Waals surface area contributed by atoms with Crippen molar-refractivity contribution in [1.29, 1.82) is 0 Å². The molecule has 0 radical (unpaired) electrons. The lowest BCUT2D eigenvalue weighted by Crippen LogP contribution is -2.17. The number of hydrogen-bond donors (Lipinski definition) is 0. The van der Waals surface area contributed by atoms with Crippen LogP contribution in [-0.2, 0) is 19.1 Å². The minimum absolute atomic E-state index is 0.0828. The summed E-state index contributed by atoms with van der Waals surface area (Å²) in [7, 11) is 0. The monoisotopic (exact) mass is 326 g/mol. The van der Waals surface area contributed by atoms with Crippen LogP contribution in [0, 0.1) is 5.41 Å². The number of hydrogen-bond acceptors (Lipinski definition) is 4. The van der Waals surface area contributed by atoms with Crippen molar-refractivity contribution >= 4 is 11.9 Å². The summed E-state index contributed by atoms with van der Waals surface area (Å²) in [6.45, 7) is 8.87. The van der Waals surface area contributed by atoms with Crippen LogP contribution < -0.4 is 0 Å². The molecule has 0 atom stereocenters. The molecule has 0 aromatic rings. The summed E-state index contributed by atoms with van der Waals surface area (Å²) in [6, 6.07) is 0. The number of carbonyl (C=O) groups excluding carboxylic acids is 2. The van der Waals surface area contributed by atoms with Crippen LogP contribution in [0.2, 0.25) is 0 Å². The van der Waals surface area contributed by atoms with Gasteiger partial charge in [0, 0.05) is 12.2 Å². The molecule has 134 valence electrons. The molecule has 0 N–H and O–H groups in total. The van der Waals surface area contributed by atoms with Gasteiger partial charge >= 0.3 is 11.9 Å². The molecule has 23 heavy (non-hydrogen) atoms. The number of carbonyl (C=O) groups is 2. The van der Waals surface area contributed by atoms with Crippen molar-refractivity contribution in [2.24, 2.45) is 5.41 Å². The van der Waals surface area contributed by atoms with Gasteiger partial charge in [-0.25, -0.2) is 9.59 Å². The van der Waals surface area contributed by atoms with E-state index in [0.29, 0.717) is 13.2 Å². The Balaban J connectivity index is 3.56. The van der Waals surface area contributed by atoms with Crippen LogP contribution in [-0.4, -0.2) is 25.2 Å². The highest BCUT2D eigenvalue weighted by Crippen LogP contribution is 2.12. The average Bonchev–Trinajstić information content (AvgIpc) is 2.48. The van der Waals surface area contributed by atoms with Crippen LogP contribution in [0.5, 0.6) is 0 Å². The summed E-state index contributed by atoms with van der Waals surface area (Å²) in [6.07, 6.45) is 11.9. The maximum atomic E-state index is 11.4. The van der Waals surface area contributed by atoms with Gasteiger partial charge in [-0.1, -0.05) is 72.6 Å². The molecule has 0 aromatic heterocycles. The van der Waals surface area contributed by atoms with Gasteiger partial charge in [0.05, 0.1) is 13.2 Å². The van der Waals surface area contributed by atoms with Gasteiger partial charge < -0.3 is 9.47 Å². The van der Waals surface area contributed by atoms with E-state index in [-0.39, 0.29) is 5.41 Å². The molecule has 0 spiro atoms. The molecular formula is C19H34O4. The van der Waals surface area contributed by atoms with Crippen molar-refractivity contribution in [2.45, 2.75) is 79.1 Å². The van der Waals surface area contributed by atoms with E-state index in [2.05, 4.69) is 6.92 Å². The van der Waals surface area contributed by atoms with Crippen LogP contribution in [0.4, 0.5) is 0 Å². The summed E-state index contributed by atoms with van der Waals surface area (Å²) in [5, 5.41) is 0. The molecule has 4 nitrogen and oxygen atoms in total. The van der Waals surface area contributed by atoms with Crippen molar-refractivity contribution in [1.82, 2.24) is 0 Å². The van der Waals surface area contributed by atoms with E-state index >= 15 is 0 Å². The van der Waals surface area contributed by atoms with E-state index in [4.69, 9.17) is 9.47 Å². The van der Waals surface area contributed by atoms with Gasteiger partial charge in [-0.2, -0.15) is 0 Å². The second kappa shape index (κ2) is 13.1. The van der Waals surface area contributed by atoms with Crippen molar-refractivity contribution in [2.75, 3.05) is 13.2 Å². The highest BCUT2D eigenvalue weighted by Gasteiger charge is 2.12. The maximum Gasteiger partial charge on any atom is 0.331 e. The molecule has 0 heterocycles. The van der Waals surface area contributed by atoms with Crippen LogP contribution in [0.3, 0.4) is 0 Å². The third-order valence-corrected chi connectivity index (χ3v) is 3.25. The van der Waals surface area contributed by atoms with Crippen molar-refractivity contribution < 1.29 is 19.1 Å². The van der Waals surface area contributed by atoms with Gasteiger partial charge in [0.1, 0.15) is 0 Å². The first-order valence-electron chi connectivity index (χ1n) is 8.87. The minimum Gasteiger partial charge on any atom is -0.463 e. The molecule has 0 bridgehead atoms. The lowest BCUT2D eigenvalue weighted by molar-refractivity contribution is -0.142. The second-order valence-corrected chi connectivity index (χ2v) is 7.14. The Morgan fingerprint density at radius 1 is 0.783 bits per heavy atom. The lowest BCUT2D eigenvalue weighted by atomic mass is 9.99. The molecule has 0 aliphatic heterocycles. The normalized spacial score (nSPS) is 11.7. The van der Waals surface area contributed by atoms with E-state index < -0.39 is 11.9 Å². The largest absolute Gasteiger partial charge is 0.463 e. The third-order valence-electron chi connectivity index (χ3n) is 3.25. The highest BCUT2D eigenvalue weighted by molar-refractivity contribution is 5.91. The van der Waals surface area contributed by atoms with E-state index in [1.807, 2.05) is 20.8 Å². The van der Waals surface area contributed by atoms with E-state index in [1.165, 1.54) is 38.5 Å². The number of ether oxygens (including phenoxy) is 2. The van der Waals surface area contributed by atoms with Gasteiger partial charge in [-0.15, -0.1) is 0 Å². The van der Waals surface area contributed by atoms with E-state index in [1.54, 1.807) is 0 Å². The summed E-state index contributed by atoms with van der Waals surface area (Å²) in [4.78, 5) is 22.8. The predicted molar refractivity (Wildman–Crippen MR) is 93.1 cm³/mol. The first-order chi connectivity index (χ1) is 10.8. The van der Waals surface area contributed by atoms with Crippen molar-refractivity contribution in [3.8, 4) is 0 Å². The van der Waals surface area contributed by atoms with Gasteiger partial charge in [0.2, 0.25) is 0 Å². The van der Waals surface area contributed by atoms with Crippen LogP contribution in [0.15, 0.2) is 12.2 Å². The lowest BCUT2D eigenvalue weighted by Gasteiger charge is -2.16. The Labute approximate surface area is 141 Å². The summed E-state index contributed by atoms with van der Waals surface area (Å²) >= 11 is 0. The van der Waals surface area contributed by atoms with Crippen LogP contribution in [0.25, 0.3) is 0 Å². The Bertz CT molecular complexity index is 353. The first-order valence-corrected chi connectivity index (χ1v) is 8.87. The van der Waals surface area contributed by atoms with Crippen LogP contribution >= 0.6 is 0 Å². The van der Waals surface area contributed by atoms with Gasteiger partial charge in [0.15, 0.2) is 0 Å². The molecule has 0 aliphatic rings. The average molecular weight is 326 g/mol. The quantitative estimate of drug-likeness (QED) is 0.293. The van der Waals surface area contributed by atoms with Gasteiger partial charge in [0.25, 0.3) is 0 Å². The zero-order valence-corrected chi connectivity index (χ0v) is 15.4. The molecule has 0 fully saturated rings. The smallest absolute Gasteiger partial charge is 0.331 e. The fraction of sp³-hybridized carbons (Fsp3) is 0.789. The second-order valence-electron chi connectivity index (χ2n) is 7.14. The number of esters is 2. The molecule has 0 rings (SSSR count). The molecule has 0 amide bonds. The molecule has 0 saturated carbocycles. The summed E-state index contributed by atoms with van der Waals surface area (Å²) in [5.74, 6) is -0.996. The fourth-order valence-corrected chi connectivity index (χ4v) is 1.93. The summed E-state index contributed by atoms with van der Waals surface area (Å²) in [5.41, 5.74) is -0.0828. The Morgan fingerprint density at radius 3 is 1.78 bits per heavy atom. The molecule has 0 saturated heterocycles. The minimum atomic E-state index is -0.510. The predicted octanol–water partition coefficient (Wildman–Crippen LogP) is 4.82. The Morgan fingerprint density at radius 2 is 1.26 bits per heavy atom. The Hall–Kier alpha value is -1.32. The van der Waals surface area contributed by atoms with Gasteiger partial charge in [-0.3, -0.25) is 0 Å². The van der Waals surface area contributed by atoms with Crippen molar-refractivity contribution in [3.63, 3.8) is 0 Å². The van der Waals surface area contributed by atoms with Crippen LogP contribution in [0.1, 0.15) is 79.1 Å². The topological polar surface area (TPSA) is 52.6 Å². The summed E-state index contributed by atoms with van der Waals surface area (Å²) < 4.78 is 10.1. The van der Waals surface area contributed by atoms with E-state index in [0.717, 1.165) is 25.0 Å². The standard InChI is InChI=1S/C19H34O4/c1-5-6-7-8-9-10-11-12-15-22-17(20)13-14-18(21)23-16-19(2,3)4/h13-14H,5-12,15-16H2,1-4H3/b14-13+. The fourth-order valence-electron chi connectivity index (χ4n) is 1.93. The third kappa shape index (κ3) is 16.9. The molecule has 0 unspecified atom stereocenters. The zero-order valence-electron chi connectivity index (χ0n) is 15.4. The molecule has 4 heteroatoms. The molecule has 0 aliphatic carbocycles. The number of rotatable bonds is 12. The van der Waals surface area contributed by atoms with Gasteiger partial charge in [-0.05, 0) is 11.8 Å². The maximum absolute atomic E-state index is 11.4. The van der Waals surface area contributed by atoms with E-state index in [9.17, 15) is 9.59 Å². The SMILES string of the molecule is CCCCCCCCCCOC(=O)/C=C/C(=O)OCC(C)(C)C. The molecule has 0 aromatic carbocycles. The Kier molecular flexibility index (Phi) is 12.4. The zero-order chi connectivity index (χ0) is 17.6. The first kappa shape index (κ1) is 21.7.